The molecule has 1 aliphatic heterocycles. The summed E-state index contributed by atoms with van der Waals surface area (Å²) in [7, 11) is 0. The van der Waals surface area contributed by atoms with E-state index in [2.05, 4.69) is 36.7 Å². The van der Waals surface area contributed by atoms with E-state index in [4.69, 9.17) is 0 Å². The first-order valence-electron chi connectivity index (χ1n) is 6.76. The lowest BCUT2D eigenvalue weighted by Crippen LogP contribution is -2.21. The molecule has 20 heavy (non-hydrogen) atoms. The number of nitrogens with zero attached hydrogens (tertiary/aromatic N) is 6. The van der Waals surface area contributed by atoms with E-state index in [1.165, 1.54) is 5.69 Å². The Bertz CT molecular complexity index is 737. The standard InChI is InChI=1S/C13H15N7/c1-2-19-8-17-11-12(15-6-16-13(11)19)18-9-3-10-4-14-7-20(10)5-9/h4,6-9H,2-3,5H2,1H3,(H,15,16,18). The van der Waals surface area contributed by atoms with E-state index in [9.17, 15) is 0 Å². The number of anilines is 1. The van der Waals surface area contributed by atoms with Crippen molar-refractivity contribution in [2.24, 2.45) is 0 Å². The smallest absolute Gasteiger partial charge is 0.165 e. The first-order chi connectivity index (χ1) is 9.85. The van der Waals surface area contributed by atoms with Gasteiger partial charge in [-0.3, -0.25) is 0 Å². The highest BCUT2D eigenvalue weighted by atomic mass is 15.2. The lowest BCUT2D eigenvalue weighted by molar-refractivity contribution is 0.669. The zero-order valence-electron chi connectivity index (χ0n) is 11.2. The molecule has 0 aromatic carbocycles. The summed E-state index contributed by atoms with van der Waals surface area (Å²) >= 11 is 0. The zero-order valence-corrected chi connectivity index (χ0v) is 11.2. The Morgan fingerprint density at radius 3 is 3.10 bits per heavy atom. The highest BCUT2D eigenvalue weighted by Gasteiger charge is 2.22. The van der Waals surface area contributed by atoms with Crippen molar-refractivity contribution in [1.29, 1.82) is 0 Å². The average molecular weight is 269 g/mol. The molecular weight excluding hydrogens is 254 g/mol. The van der Waals surface area contributed by atoms with Crippen LogP contribution < -0.4 is 5.32 Å². The number of aryl methyl sites for hydroxylation is 1. The van der Waals surface area contributed by atoms with Crippen molar-refractivity contribution in [3.05, 3.63) is 30.9 Å². The molecule has 0 saturated carbocycles. The van der Waals surface area contributed by atoms with Crippen molar-refractivity contribution in [3.8, 4) is 0 Å². The van der Waals surface area contributed by atoms with Crippen molar-refractivity contribution in [2.75, 3.05) is 5.32 Å². The zero-order chi connectivity index (χ0) is 13.5. The largest absolute Gasteiger partial charge is 0.363 e. The molecule has 4 heterocycles. The molecule has 0 saturated heterocycles. The molecule has 0 spiro atoms. The van der Waals surface area contributed by atoms with E-state index in [-0.39, 0.29) is 0 Å². The molecule has 1 atom stereocenters. The Morgan fingerprint density at radius 2 is 2.25 bits per heavy atom. The highest BCUT2D eigenvalue weighted by Crippen LogP contribution is 2.22. The first kappa shape index (κ1) is 11.4. The quantitative estimate of drug-likeness (QED) is 0.770. The van der Waals surface area contributed by atoms with Gasteiger partial charge in [-0.05, 0) is 6.92 Å². The molecule has 102 valence electrons. The van der Waals surface area contributed by atoms with Gasteiger partial charge in [0.25, 0.3) is 0 Å². The Labute approximate surface area is 115 Å². The van der Waals surface area contributed by atoms with Crippen LogP contribution in [0.15, 0.2) is 25.2 Å². The molecule has 1 aliphatic rings. The van der Waals surface area contributed by atoms with Gasteiger partial charge < -0.3 is 14.5 Å². The average Bonchev–Trinajstić information content (AvgIpc) is 3.11. The molecule has 1 unspecified atom stereocenters. The van der Waals surface area contributed by atoms with Crippen LogP contribution >= 0.6 is 0 Å². The molecule has 0 bridgehead atoms. The minimum Gasteiger partial charge on any atom is -0.363 e. The second-order valence-electron chi connectivity index (χ2n) is 5.01. The highest BCUT2D eigenvalue weighted by molar-refractivity contribution is 5.82. The van der Waals surface area contributed by atoms with Crippen molar-refractivity contribution in [1.82, 2.24) is 29.1 Å². The lowest BCUT2D eigenvalue weighted by atomic mass is 10.2. The summed E-state index contributed by atoms with van der Waals surface area (Å²) in [5.74, 6) is 0.811. The van der Waals surface area contributed by atoms with Crippen LogP contribution in [0.5, 0.6) is 0 Å². The van der Waals surface area contributed by atoms with Crippen molar-refractivity contribution < 1.29 is 0 Å². The molecule has 7 nitrogen and oxygen atoms in total. The van der Waals surface area contributed by atoms with Crippen molar-refractivity contribution in [2.45, 2.75) is 32.5 Å². The summed E-state index contributed by atoms with van der Waals surface area (Å²) < 4.78 is 4.19. The summed E-state index contributed by atoms with van der Waals surface area (Å²) in [6, 6.07) is 0.331. The maximum absolute atomic E-state index is 4.42. The summed E-state index contributed by atoms with van der Waals surface area (Å²) in [5, 5.41) is 3.48. The molecule has 0 aliphatic carbocycles. The molecule has 1 N–H and O–H groups in total. The number of nitrogens with one attached hydrogen (secondary N) is 1. The molecular formula is C13H15N7. The van der Waals surface area contributed by atoms with Gasteiger partial charge in [-0.15, -0.1) is 0 Å². The Morgan fingerprint density at radius 1 is 1.30 bits per heavy atom. The SMILES string of the molecule is CCn1cnc2c(NC3Cc4cncn4C3)ncnc21. The summed E-state index contributed by atoms with van der Waals surface area (Å²) in [6.07, 6.45) is 8.16. The predicted molar refractivity (Wildman–Crippen MR) is 74.3 cm³/mol. The lowest BCUT2D eigenvalue weighted by Gasteiger charge is -2.12. The van der Waals surface area contributed by atoms with E-state index in [0.717, 1.165) is 36.5 Å². The van der Waals surface area contributed by atoms with Crippen LogP contribution in [-0.2, 0) is 19.5 Å². The molecule has 0 fully saturated rings. The van der Waals surface area contributed by atoms with Gasteiger partial charge in [-0.2, -0.15) is 0 Å². The van der Waals surface area contributed by atoms with Crippen LogP contribution in [0.2, 0.25) is 0 Å². The number of hydrogen-bond donors (Lipinski definition) is 1. The maximum Gasteiger partial charge on any atom is 0.165 e. The third-order valence-electron chi connectivity index (χ3n) is 3.75. The predicted octanol–water partition coefficient (Wildman–Crippen LogP) is 1.08. The second-order valence-corrected chi connectivity index (χ2v) is 5.01. The van der Waals surface area contributed by atoms with Gasteiger partial charge in [0.05, 0.1) is 18.7 Å². The van der Waals surface area contributed by atoms with E-state index < -0.39 is 0 Å². The van der Waals surface area contributed by atoms with Crippen LogP contribution in [0.3, 0.4) is 0 Å². The van der Waals surface area contributed by atoms with E-state index in [0.29, 0.717) is 6.04 Å². The Kier molecular flexibility index (Phi) is 2.45. The number of aromatic nitrogens is 6. The Hall–Kier alpha value is -2.44. The van der Waals surface area contributed by atoms with Gasteiger partial charge in [0, 0.05) is 31.4 Å². The van der Waals surface area contributed by atoms with E-state index >= 15 is 0 Å². The third kappa shape index (κ3) is 1.66. The van der Waals surface area contributed by atoms with Crippen LogP contribution in [0, 0.1) is 0 Å². The van der Waals surface area contributed by atoms with Crippen molar-refractivity contribution >= 4 is 17.0 Å². The maximum atomic E-state index is 4.42. The first-order valence-corrected chi connectivity index (χ1v) is 6.76. The molecule has 0 amide bonds. The molecule has 3 aromatic heterocycles. The van der Waals surface area contributed by atoms with Gasteiger partial charge in [-0.1, -0.05) is 0 Å². The van der Waals surface area contributed by atoms with Gasteiger partial charge in [0.15, 0.2) is 11.5 Å². The minimum absolute atomic E-state index is 0.331. The van der Waals surface area contributed by atoms with Gasteiger partial charge >= 0.3 is 0 Å². The molecule has 3 aromatic rings. The number of fused-ring (bicyclic) bond motifs is 2. The normalized spacial score (nSPS) is 17.6. The fourth-order valence-corrected chi connectivity index (χ4v) is 2.74. The Balaban J connectivity index is 1.63. The fraction of sp³-hybridized carbons (Fsp3) is 0.385. The summed E-state index contributed by atoms with van der Waals surface area (Å²) in [6.45, 7) is 3.84. The van der Waals surface area contributed by atoms with Crippen molar-refractivity contribution in [3.63, 3.8) is 0 Å². The topological polar surface area (TPSA) is 73.5 Å². The summed E-state index contributed by atoms with van der Waals surface area (Å²) in [5.41, 5.74) is 2.97. The van der Waals surface area contributed by atoms with Crippen LogP contribution in [0.1, 0.15) is 12.6 Å². The van der Waals surface area contributed by atoms with E-state index in [1.807, 2.05) is 23.4 Å². The monoisotopic (exact) mass is 269 g/mol. The number of imidazole rings is 2. The number of hydrogen-bond acceptors (Lipinski definition) is 5. The van der Waals surface area contributed by atoms with Crippen LogP contribution in [0.25, 0.3) is 11.2 Å². The minimum atomic E-state index is 0.331. The molecule has 4 rings (SSSR count). The number of rotatable bonds is 3. The molecule has 7 heteroatoms. The van der Waals surface area contributed by atoms with Crippen LogP contribution in [-0.4, -0.2) is 35.1 Å². The van der Waals surface area contributed by atoms with E-state index in [1.54, 1.807) is 6.33 Å². The molecule has 0 radical (unpaired) electrons. The summed E-state index contributed by atoms with van der Waals surface area (Å²) in [4.78, 5) is 17.2. The van der Waals surface area contributed by atoms with Crippen LogP contribution in [0.4, 0.5) is 5.82 Å². The van der Waals surface area contributed by atoms with Gasteiger partial charge in [0.2, 0.25) is 0 Å². The third-order valence-corrected chi connectivity index (χ3v) is 3.75. The fourth-order valence-electron chi connectivity index (χ4n) is 2.74. The second kappa shape index (κ2) is 4.29. The van der Waals surface area contributed by atoms with Gasteiger partial charge in [-0.25, -0.2) is 19.9 Å². The van der Waals surface area contributed by atoms with Gasteiger partial charge in [0.1, 0.15) is 11.8 Å².